The van der Waals surface area contributed by atoms with Crippen LogP contribution in [0.25, 0.3) is 0 Å². The van der Waals surface area contributed by atoms with E-state index in [-0.39, 0.29) is 23.9 Å². The standard InChI is InChI=1S/C17H23FN2O.ClH/c1-13-2-3-14(15(18)12-13)16(21)20-10-6-17(7-11-20)4-8-19-9-5-17;/h2-3,12,19H,4-11H2,1H3;1H. The van der Waals surface area contributed by atoms with Crippen LogP contribution < -0.4 is 5.32 Å². The third-order valence-electron chi connectivity index (χ3n) is 5.13. The molecule has 3 rings (SSSR count). The lowest BCUT2D eigenvalue weighted by atomic mass is 9.71. The normalized spacial score (nSPS) is 20.5. The van der Waals surface area contributed by atoms with Crippen molar-refractivity contribution in [2.24, 2.45) is 5.41 Å². The van der Waals surface area contributed by atoms with Gasteiger partial charge in [0.2, 0.25) is 0 Å². The lowest BCUT2D eigenvalue weighted by Gasteiger charge is -2.44. The SMILES string of the molecule is Cc1ccc(C(=O)N2CCC3(CCNCC3)CC2)c(F)c1.Cl. The third-order valence-corrected chi connectivity index (χ3v) is 5.13. The molecule has 0 aliphatic carbocycles. The minimum absolute atomic E-state index is 0. The van der Waals surface area contributed by atoms with Crippen molar-refractivity contribution in [3.05, 3.63) is 35.1 Å². The molecule has 1 spiro atoms. The van der Waals surface area contributed by atoms with E-state index >= 15 is 0 Å². The molecule has 3 nitrogen and oxygen atoms in total. The Hall–Kier alpha value is -1.13. The van der Waals surface area contributed by atoms with Gasteiger partial charge < -0.3 is 10.2 Å². The van der Waals surface area contributed by atoms with Gasteiger partial charge in [-0.25, -0.2) is 4.39 Å². The Kier molecular flexibility index (Phi) is 5.45. The van der Waals surface area contributed by atoms with Crippen LogP contribution in [-0.4, -0.2) is 37.0 Å². The Morgan fingerprint density at radius 1 is 1.18 bits per heavy atom. The van der Waals surface area contributed by atoms with Crippen LogP contribution >= 0.6 is 12.4 Å². The molecule has 1 N–H and O–H groups in total. The van der Waals surface area contributed by atoms with Crippen molar-refractivity contribution in [1.82, 2.24) is 10.2 Å². The molecular weight excluding hydrogens is 303 g/mol. The second kappa shape index (κ2) is 6.97. The van der Waals surface area contributed by atoms with Crippen molar-refractivity contribution in [2.75, 3.05) is 26.2 Å². The van der Waals surface area contributed by atoms with Gasteiger partial charge in [0.1, 0.15) is 5.82 Å². The highest BCUT2D eigenvalue weighted by Crippen LogP contribution is 2.39. The van der Waals surface area contributed by atoms with Gasteiger partial charge in [0.15, 0.2) is 0 Å². The summed E-state index contributed by atoms with van der Waals surface area (Å²) in [6.07, 6.45) is 4.50. The molecule has 0 atom stereocenters. The molecule has 0 radical (unpaired) electrons. The van der Waals surface area contributed by atoms with Gasteiger partial charge in [-0.3, -0.25) is 4.79 Å². The number of nitrogens with one attached hydrogen (secondary N) is 1. The molecule has 22 heavy (non-hydrogen) atoms. The van der Waals surface area contributed by atoms with E-state index in [1.807, 2.05) is 11.8 Å². The van der Waals surface area contributed by atoms with Crippen molar-refractivity contribution in [1.29, 1.82) is 0 Å². The summed E-state index contributed by atoms with van der Waals surface area (Å²) in [5, 5.41) is 3.40. The van der Waals surface area contributed by atoms with Gasteiger partial charge in [0.05, 0.1) is 5.56 Å². The fourth-order valence-corrected chi connectivity index (χ4v) is 3.61. The van der Waals surface area contributed by atoms with E-state index in [4.69, 9.17) is 0 Å². The minimum atomic E-state index is -0.401. The number of amides is 1. The summed E-state index contributed by atoms with van der Waals surface area (Å²) in [5.74, 6) is -0.557. The average Bonchev–Trinajstić information content (AvgIpc) is 2.48. The summed E-state index contributed by atoms with van der Waals surface area (Å²) in [5.41, 5.74) is 1.46. The smallest absolute Gasteiger partial charge is 0.256 e. The number of likely N-dealkylation sites (tertiary alicyclic amines) is 1. The van der Waals surface area contributed by atoms with Gasteiger partial charge in [0.25, 0.3) is 5.91 Å². The Morgan fingerprint density at radius 2 is 1.82 bits per heavy atom. The molecular formula is C17H24ClFN2O. The molecule has 1 aromatic carbocycles. The van der Waals surface area contributed by atoms with Gasteiger partial charge in [-0.1, -0.05) is 6.07 Å². The van der Waals surface area contributed by atoms with Crippen LogP contribution in [0, 0.1) is 18.2 Å². The van der Waals surface area contributed by atoms with Crippen LogP contribution in [-0.2, 0) is 0 Å². The number of hydrogen-bond donors (Lipinski definition) is 1. The summed E-state index contributed by atoms with van der Waals surface area (Å²) in [4.78, 5) is 14.3. The van der Waals surface area contributed by atoms with Gasteiger partial charge in [-0.15, -0.1) is 12.4 Å². The first-order valence-corrected chi connectivity index (χ1v) is 7.86. The Bertz CT molecular complexity index is 533. The number of carbonyl (C=O) groups excluding carboxylic acids is 1. The Morgan fingerprint density at radius 3 is 2.41 bits per heavy atom. The molecule has 1 aromatic rings. The third kappa shape index (κ3) is 3.44. The summed E-state index contributed by atoms with van der Waals surface area (Å²) in [6, 6.07) is 4.85. The zero-order chi connectivity index (χ0) is 14.9. The number of nitrogens with zero attached hydrogens (tertiary/aromatic N) is 1. The summed E-state index contributed by atoms with van der Waals surface area (Å²) in [7, 11) is 0. The van der Waals surface area contributed by atoms with Gasteiger partial charge in [-0.2, -0.15) is 0 Å². The van der Waals surface area contributed by atoms with Crippen LogP contribution in [0.1, 0.15) is 41.6 Å². The van der Waals surface area contributed by atoms with Crippen LogP contribution in [0.5, 0.6) is 0 Å². The molecule has 0 aromatic heterocycles. The molecule has 0 unspecified atom stereocenters. The number of carbonyl (C=O) groups is 1. The molecule has 2 aliphatic heterocycles. The van der Waals surface area contributed by atoms with E-state index in [9.17, 15) is 9.18 Å². The summed E-state index contributed by atoms with van der Waals surface area (Å²) < 4.78 is 13.9. The highest BCUT2D eigenvalue weighted by molar-refractivity contribution is 5.94. The molecule has 2 fully saturated rings. The predicted molar refractivity (Wildman–Crippen MR) is 88.1 cm³/mol. The van der Waals surface area contributed by atoms with Crippen LogP contribution in [0.2, 0.25) is 0 Å². The molecule has 122 valence electrons. The maximum atomic E-state index is 13.9. The number of benzene rings is 1. The van der Waals surface area contributed by atoms with E-state index in [0.29, 0.717) is 5.41 Å². The predicted octanol–water partition coefficient (Wildman–Crippen LogP) is 3.16. The molecule has 2 saturated heterocycles. The number of hydrogen-bond acceptors (Lipinski definition) is 2. The lowest BCUT2D eigenvalue weighted by Crippen LogP contribution is -2.47. The highest BCUT2D eigenvalue weighted by atomic mass is 35.5. The highest BCUT2D eigenvalue weighted by Gasteiger charge is 2.37. The molecule has 2 aliphatic rings. The van der Waals surface area contributed by atoms with Crippen molar-refractivity contribution >= 4 is 18.3 Å². The zero-order valence-corrected chi connectivity index (χ0v) is 13.8. The van der Waals surface area contributed by atoms with E-state index in [1.165, 1.54) is 18.9 Å². The number of halogens is 2. The van der Waals surface area contributed by atoms with E-state index in [1.54, 1.807) is 12.1 Å². The van der Waals surface area contributed by atoms with Crippen molar-refractivity contribution < 1.29 is 9.18 Å². The van der Waals surface area contributed by atoms with Crippen LogP contribution in [0.15, 0.2) is 18.2 Å². The Labute approximate surface area is 137 Å². The first kappa shape index (κ1) is 17.2. The lowest BCUT2D eigenvalue weighted by molar-refractivity contribution is 0.0492. The quantitative estimate of drug-likeness (QED) is 0.859. The number of piperidine rings is 2. The minimum Gasteiger partial charge on any atom is -0.339 e. The summed E-state index contributed by atoms with van der Waals surface area (Å²) >= 11 is 0. The van der Waals surface area contributed by atoms with Gasteiger partial charge in [-0.05, 0) is 68.8 Å². The zero-order valence-electron chi connectivity index (χ0n) is 13.0. The van der Waals surface area contributed by atoms with Gasteiger partial charge in [0, 0.05) is 13.1 Å². The summed E-state index contributed by atoms with van der Waals surface area (Å²) in [6.45, 7) is 5.51. The van der Waals surface area contributed by atoms with E-state index in [2.05, 4.69) is 5.32 Å². The maximum absolute atomic E-state index is 13.9. The largest absolute Gasteiger partial charge is 0.339 e. The fourth-order valence-electron chi connectivity index (χ4n) is 3.61. The van der Waals surface area contributed by atoms with Crippen molar-refractivity contribution in [2.45, 2.75) is 32.6 Å². The van der Waals surface area contributed by atoms with Crippen LogP contribution in [0.4, 0.5) is 4.39 Å². The number of aryl methyl sites for hydroxylation is 1. The first-order chi connectivity index (χ1) is 10.1. The first-order valence-electron chi connectivity index (χ1n) is 7.86. The van der Waals surface area contributed by atoms with E-state index < -0.39 is 5.82 Å². The fraction of sp³-hybridized carbons (Fsp3) is 0.588. The number of rotatable bonds is 1. The van der Waals surface area contributed by atoms with E-state index in [0.717, 1.165) is 44.6 Å². The molecule has 0 bridgehead atoms. The van der Waals surface area contributed by atoms with Crippen molar-refractivity contribution in [3.8, 4) is 0 Å². The average molecular weight is 327 g/mol. The monoisotopic (exact) mass is 326 g/mol. The van der Waals surface area contributed by atoms with Crippen molar-refractivity contribution in [3.63, 3.8) is 0 Å². The molecule has 1 amide bonds. The maximum Gasteiger partial charge on any atom is 0.256 e. The van der Waals surface area contributed by atoms with Crippen LogP contribution in [0.3, 0.4) is 0 Å². The molecule has 0 saturated carbocycles. The van der Waals surface area contributed by atoms with Gasteiger partial charge >= 0.3 is 0 Å². The molecule has 5 heteroatoms. The molecule has 2 heterocycles. The second-order valence-corrected chi connectivity index (χ2v) is 6.53. The Balaban J connectivity index is 0.00000176. The topological polar surface area (TPSA) is 32.3 Å². The second-order valence-electron chi connectivity index (χ2n) is 6.53.